The van der Waals surface area contributed by atoms with E-state index in [2.05, 4.69) is 9.47 Å². The van der Waals surface area contributed by atoms with Crippen LogP contribution in [0.4, 0.5) is 35.1 Å². The predicted molar refractivity (Wildman–Crippen MR) is 82.0 cm³/mol. The van der Waals surface area contributed by atoms with Gasteiger partial charge in [0.15, 0.2) is 6.61 Å². The number of carbonyl (C=O) groups excluding carboxylic acids is 2. The van der Waals surface area contributed by atoms with Crippen LogP contribution in [0.25, 0.3) is 0 Å². The van der Waals surface area contributed by atoms with E-state index in [9.17, 15) is 44.7 Å². The van der Waals surface area contributed by atoms with Gasteiger partial charge in [0.1, 0.15) is 0 Å². The van der Waals surface area contributed by atoms with Crippen LogP contribution in [0.2, 0.25) is 0 Å². The van der Waals surface area contributed by atoms with Gasteiger partial charge in [-0.2, -0.15) is 26.3 Å². The van der Waals surface area contributed by atoms with Crippen LogP contribution in [0.15, 0.2) is 42.5 Å². The Hall–Kier alpha value is -2.66. The molecule has 0 saturated heterocycles. The van der Waals surface area contributed by atoms with Crippen molar-refractivity contribution in [3.8, 4) is 0 Å². The molecule has 0 atom stereocenters. The molecular formula is C17H14F8O4. The Morgan fingerprint density at radius 3 is 1.93 bits per heavy atom. The fraction of sp³-hybridized carbons (Fsp3) is 0.412. The summed E-state index contributed by atoms with van der Waals surface area (Å²) in [6, 6.07) is 8.73. The second-order valence-electron chi connectivity index (χ2n) is 5.55. The lowest BCUT2D eigenvalue weighted by Gasteiger charge is -2.31. The first-order chi connectivity index (χ1) is 13.3. The monoisotopic (exact) mass is 434 g/mol. The lowest BCUT2D eigenvalue weighted by Crippen LogP contribution is -2.59. The molecule has 0 unspecified atom stereocenters. The zero-order chi connectivity index (χ0) is 22.3. The van der Waals surface area contributed by atoms with Crippen molar-refractivity contribution in [3.63, 3.8) is 0 Å². The number of carbonyl (C=O) groups is 2. The number of halogens is 8. The molecule has 0 bridgehead atoms. The molecule has 0 amide bonds. The van der Waals surface area contributed by atoms with E-state index >= 15 is 0 Å². The number of rotatable bonds is 10. The number of ether oxygens (including phenoxy) is 2. The number of alkyl halides is 8. The maximum absolute atomic E-state index is 13.2. The third-order valence-electron chi connectivity index (χ3n) is 3.38. The van der Waals surface area contributed by atoms with Gasteiger partial charge >= 0.3 is 36.1 Å². The molecule has 12 heteroatoms. The summed E-state index contributed by atoms with van der Waals surface area (Å²) >= 11 is 0. The van der Waals surface area contributed by atoms with Crippen LogP contribution in [-0.2, 0) is 25.5 Å². The van der Waals surface area contributed by atoms with Gasteiger partial charge in [0.2, 0.25) is 0 Å². The Labute approximate surface area is 159 Å². The molecule has 0 heterocycles. The molecule has 4 nitrogen and oxygen atoms in total. The Morgan fingerprint density at radius 2 is 1.41 bits per heavy atom. The Kier molecular flexibility index (Phi) is 8.15. The van der Waals surface area contributed by atoms with Crippen LogP contribution in [0.3, 0.4) is 0 Å². The van der Waals surface area contributed by atoms with E-state index in [-0.39, 0.29) is 12.7 Å². The van der Waals surface area contributed by atoms with Crippen molar-refractivity contribution in [1.82, 2.24) is 0 Å². The first-order valence-corrected chi connectivity index (χ1v) is 7.78. The van der Waals surface area contributed by atoms with Crippen LogP contribution in [0.1, 0.15) is 5.56 Å². The number of benzene rings is 1. The molecule has 29 heavy (non-hydrogen) atoms. The van der Waals surface area contributed by atoms with E-state index in [1.807, 2.05) is 0 Å². The minimum atomic E-state index is -6.49. The molecular weight excluding hydrogens is 420 g/mol. The summed E-state index contributed by atoms with van der Waals surface area (Å²) in [4.78, 5) is 22.5. The van der Waals surface area contributed by atoms with E-state index < -0.39 is 42.7 Å². The molecule has 0 aliphatic heterocycles. The smallest absolute Gasteiger partial charge is 0.381 e. The molecule has 0 fully saturated rings. The van der Waals surface area contributed by atoms with Crippen molar-refractivity contribution in [2.24, 2.45) is 0 Å². The third kappa shape index (κ3) is 6.43. The lowest BCUT2D eigenvalue weighted by atomic mass is 10.1. The number of hydrogen-bond donors (Lipinski definition) is 0. The van der Waals surface area contributed by atoms with E-state index in [1.165, 1.54) is 0 Å². The summed E-state index contributed by atoms with van der Waals surface area (Å²) in [5.41, 5.74) is 0.826. The summed E-state index contributed by atoms with van der Waals surface area (Å²) in [6.07, 6.45) is -4.10. The molecule has 1 aromatic rings. The van der Waals surface area contributed by atoms with Crippen molar-refractivity contribution in [2.45, 2.75) is 30.6 Å². The van der Waals surface area contributed by atoms with Crippen LogP contribution >= 0.6 is 0 Å². The molecule has 162 valence electrons. The van der Waals surface area contributed by atoms with Gasteiger partial charge in [-0.1, -0.05) is 30.3 Å². The topological polar surface area (TPSA) is 52.6 Å². The molecule has 0 saturated carbocycles. The van der Waals surface area contributed by atoms with Gasteiger partial charge in [-0.15, -0.1) is 0 Å². The van der Waals surface area contributed by atoms with Gasteiger partial charge in [0.05, 0.1) is 6.61 Å². The third-order valence-corrected chi connectivity index (χ3v) is 3.38. The highest BCUT2D eigenvalue weighted by atomic mass is 19.4. The molecule has 0 radical (unpaired) electrons. The van der Waals surface area contributed by atoms with Crippen LogP contribution in [-0.4, -0.2) is 49.3 Å². The first-order valence-electron chi connectivity index (χ1n) is 7.78. The maximum Gasteiger partial charge on any atom is 0.381 e. The molecule has 0 N–H and O–H groups in total. The van der Waals surface area contributed by atoms with Crippen LogP contribution in [0, 0.1) is 0 Å². The second kappa shape index (κ2) is 9.70. The zero-order valence-electron chi connectivity index (χ0n) is 14.4. The van der Waals surface area contributed by atoms with Crippen molar-refractivity contribution < 1.29 is 54.2 Å². The van der Waals surface area contributed by atoms with E-state index in [4.69, 9.17) is 0 Å². The highest BCUT2D eigenvalue weighted by molar-refractivity contribution is 5.91. The van der Waals surface area contributed by atoms with Gasteiger partial charge in [0, 0.05) is 18.6 Å². The molecule has 1 aromatic carbocycles. The summed E-state index contributed by atoms with van der Waals surface area (Å²) in [5.74, 6) is -21.5. The van der Waals surface area contributed by atoms with Crippen molar-refractivity contribution >= 4 is 11.9 Å². The van der Waals surface area contributed by atoms with Crippen LogP contribution < -0.4 is 0 Å². The maximum atomic E-state index is 13.2. The number of esters is 2. The van der Waals surface area contributed by atoms with Crippen molar-refractivity contribution in [3.05, 3.63) is 48.0 Å². The molecule has 0 aliphatic rings. The summed E-state index contributed by atoms with van der Waals surface area (Å²) in [5, 5.41) is 0. The Morgan fingerprint density at radius 1 is 0.897 bits per heavy atom. The average Bonchev–Trinajstić information content (AvgIpc) is 2.65. The van der Waals surface area contributed by atoms with Gasteiger partial charge in [-0.3, -0.25) is 0 Å². The van der Waals surface area contributed by atoms with Gasteiger partial charge in [0.25, 0.3) is 0 Å². The highest BCUT2D eigenvalue weighted by Gasteiger charge is 2.75. The van der Waals surface area contributed by atoms with Crippen LogP contribution in [0.5, 0.6) is 0 Å². The van der Waals surface area contributed by atoms with E-state index in [0.29, 0.717) is 12.5 Å². The quantitative estimate of drug-likeness (QED) is 0.317. The van der Waals surface area contributed by atoms with E-state index in [1.54, 1.807) is 30.3 Å². The fourth-order valence-electron chi connectivity index (χ4n) is 1.78. The summed E-state index contributed by atoms with van der Waals surface area (Å²) in [6.45, 7) is -2.72. The summed E-state index contributed by atoms with van der Waals surface area (Å²) in [7, 11) is 0. The fourth-order valence-corrected chi connectivity index (χ4v) is 1.78. The minimum Gasteiger partial charge on any atom is -0.462 e. The Bertz CT molecular complexity index is 719. The normalized spacial score (nSPS) is 13.0. The molecule has 0 aromatic heterocycles. The van der Waals surface area contributed by atoms with Crippen molar-refractivity contribution in [2.75, 3.05) is 13.2 Å². The van der Waals surface area contributed by atoms with Gasteiger partial charge in [-0.25, -0.2) is 18.4 Å². The Balaban J connectivity index is 2.51. The minimum absolute atomic E-state index is 0.102. The SMILES string of the molecule is O=C(/C=C/C(=O)OCC(F)(F)C(F)(F)C(F)(F)C(F)F)OCCc1ccccc1. The average molecular weight is 434 g/mol. The van der Waals surface area contributed by atoms with E-state index in [0.717, 1.165) is 5.56 Å². The van der Waals surface area contributed by atoms with Gasteiger partial charge in [-0.05, 0) is 5.56 Å². The molecule has 0 spiro atoms. The predicted octanol–water partition coefficient (Wildman–Crippen LogP) is 4.04. The zero-order valence-corrected chi connectivity index (χ0v) is 14.4. The highest BCUT2D eigenvalue weighted by Crippen LogP contribution is 2.48. The van der Waals surface area contributed by atoms with Crippen molar-refractivity contribution in [1.29, 1.82) is 0 Å². The molecule has 1 rings (SSSR count). The molecule has 0 aliphatic carbocycles. The lowest BCUT2D eigenvalue weighted by molar-refractivity contribution is -0.344. The second-order valence-corrected chi connectivity index (χ2v) is 5.55. The standard InChI is InChI=1S/C17H14F8O4/c18-14(19)16(22,23)17(24,25)15(20,21)10-29-13(27)7-6-12(26)28-9-8-11-4-2-1-3-5-11/h1-7,14H,8-10H2/b7-6+. The number of hydrogen-bond acceptors (Lipinski definition) is 4. The first kappa shape index (κ1) is 24.4. The van der Waals surface area contributed by atoms with Gasteiger partial charge < -0.3 is 9.47 Å². The summed E-state index contributed by atoms with van der Waals surface area (Å²) < 4.78 is 110. The largest absolute Gasteiger partial charge is 0.462 e.